The van der Waals surface area contributed by atoms with E-state index in [4.69, 9.17) is 10.8 Å². The number of rotatable bonds is 3. The van der Waals surface area contributed by atoms with E-state index in [1.54, 1.807) is 0 Å². The lowest BCUT2D eigenvalue weighted by Crippen LogP contribution is -2.40. The molecule has 7 heteroatoms. The first-order chi connectivity index (χ1) is 7.91. The largest absolute Gasteiger partial charge is 0.465 e. The highest BCUT2D eigenvalue weighted by atomic mass is 19.1. The van der Waals surface area contributed by atoms with Crippen molar-refractivity contribution in [2.45, 2.75) is 13.0 Å². The number of carbonyl (C=O) groups is 2. The number of benzene rings is 1. The fourth-order valence-corrected chi connectivity index (χ4v) is 1.14. The van der Waals surface area contributed by atoms with Crippen molar-refractivity contribution in [1.29, 1.82) is 0 Å². The van der Waals surface area contributed by atoms with Gasteiger partial charge in [0.2, 0.25) is 5.91 Å². The second-order valence-corrected chi connectivity index (χ2v) is 3.36. The predicted molar refractivity (Wildman–Crippen MR) is 60.1 cm³/mol. The van der Waals surface area contributed by atoms with Crippen LogP contribution in [0.15, 0.2) is 18.2 Å². The summed E-state index contributed by atoms with van der Waals surface area (Å²) in [5.41, 5.74) is 5.32. The number of nitrogen functional groups attached to an aromatic ring is 1. The SMILES string of the molecule is C[C@H](NC(=O)O)C(=O)Nc1cccc(F)c1N. The quantitative estimate of drug-likeness (QED) is 0.592. The maximum Gasteiger partial charge on any atom is 0.405 e. The Morgan fingerprint density at radius 3 is 2.71 bits per heavy atom. The van der Waals surface area contributed by atoms with Crippen molar-refractivity contribution in [2.24, 2.45) is 0 Å². The fourth-order valence-electron chi connectivity index (χ4n) is 1.14. The monoisotopic (exact) mass is 241 g/mol. The van der Waals surface area contributed by atoms with E-state index in [9.17, 15) is 14.0 Å². The zero-order valence-electron chi connectivity index (χ0n) is 9.03. The summed E-state index contributed by atoms with van der Waals surface area (Å²) in [5.74, 6) is -1.27. The molecule has 1 rings (SSSR count). The van der Waals surface area contributed by atoms with Gasteiger partial charge in [-0.2, -0.15) is 0 Å². The summed E-state index contributed by atoms with van der Waals surface area (Å²) in [6, 6.07) is 3.00. The van der Waals surface area contributed by atoms with Gasteiger partial charge in [0.1, 0.15) is 11.9 Å². The van der Waals surface area contributed by atoms with Gasteiger partial charge in [0.05, 0.1) is 11.4 Å². The molecule has 0 fully saturated rings. The molecule has 92 valence electrons. The lowest BCUT2D eigenvalue weighted by molar-refractivity contribution is -0.117. The molecule has 6 nitrogen and oxygen atoms in total. The van der Waals surface area contributed by atoms with Gasteiger partial charge in [0.15, 0.2) is 0 Å². The third-order valence-corrected chi connectivity index (χ3v) is 2.04. The Balaban J connectivity index is 2.74. The van der Waals surface area contributed by atoms with E-state index in [0.29, 0.717) is 0 Å². The number of carboxylic acid groups (broad SMARTS) is 1. The molecule has 0 heterocycles. The zero-order chi connectivity index (χ0) is 13.0. The average Bonchev–Trinajstić information content (AvgIpc) is 2.23. The average molecular weight is 241 g/mol. The van der Waals surface area contributed by atoms with Crippen LogP contribution in [-0.4, -0.2) is 23.1 Å². The lowest BCUT2D eigenvalue weighted by atomic mass is 10.2. The summed E-state index contributed by atoms with van der Waals surface area (Å²) in [4.78, 5) is 21.8. The van der Waals surface area contributed by atoms with Crippen molar-refractivity contribution in [2.75, 3.05) is 11.1 Å². The Kier molecular flexibility index (Phi) is 3.86. The number of hydrogen-bond donors (Lipinski definition) is 4. The summed E-state index contributed by atoms with van der Waals surface area (Å²) < 4.78 is 13.1. The van der Waals surface area contributed by atoms with Crippen LogP contribution in [0.5, 0.6) is 0 Å². The number of carbonyl (C=O) groups excluding carboxylic acids is 1. The highest BCUT2D eigenvalue weighted by Gasteiger charge is 2.16. The fraction of sp³-hybridized carbons (Fsp3) is 0.200. The number of anilines is 2. The van der Waals surface area contributed by atoms with Crippen LogP contribution in [0.2, 0.25) is 0 Å². The van der Waals surface area contributed by atoms with Crippen molar-refractivity contribution in [1.82, 2.24) is 5.32 Å². The Labute approximate surface area is 96.6 Å². The molecule has 5 N–H and O–H groups in total. The Hall–Kier alpha value is -2.31. The van der Waals surface area contributed by atoms with E-state index in [1.807, 2.05) is 5.32 Å². The van der Waals surface area contributed by atoms with Crippen molar-refractivity contribution >= 4 is 23.4 Å². The molecule has 1 atom stereocenters. The molecule has 1 aromatic rings. The van der Waals surface area contributed by atoms with Crippen LogP contribution in [0.3, 0.4) is 0 Å². The van der Waals surface area contributed by atoms with Gasteiger partial charge < -0.3 is 21.5 Å². The molecule has 0 aliphatic carbocycles. The molecular weight excluding hydrogens is 229 g/mol. The van der Waals surface area contributed by atoms with Crippen molar-refractivity contribution in [3.05, 3.63) is 24.0 Å². The molecule has 0 aliphatic heterocycles. The van der Waals surface area contributed by atoms with Gasteiger partial charge in [-0.3, -0.25) is 4.79 Å². The highest BCUT2D eigenvalue weighted by Crippen LogP contribution is 2.21. The highest BCUT2D eigenvalue weighted by molar-refractivity contribution is 5.98. The molecule has 17 heavy (non-hydrogen) atoms. The van der Waals surface area contributed by atoms with Crippen LogP contribution < -0.4 is 16.4 Å². The molecular formula is C10H12FN3O3. The third kappa shape index (κ3) is 3.33. The topological polar surface area (TPSA) is 104 Å². The van der Waals surface area contributed by atoms with Gasteiger partial charge in [-0.05, 0) is 19.1 Å². The van der Waals surface area contributed by atoms with Crippen LogP contribution in [-0.2, 0) is 4.79 Å². The second kappa shape index (κ2) is 5.15. The molecule has 0 radical (unpaired) electrons. The first-order valence-electron chi connectivity index (χ1n) is 4.76. The summed E-state index contributed by atoms with van der Waals surface area (Å²) in [6.45, 7) is 1.36. The Bertz CT molecular complexity index is 450. The van der Waals surface area contributed by atoms with Crippen molar-refractivity contribution < 1.29 is 19.1 Å². The molecule has 0 bridgehead atoms. The molecule has 1 aromatic carbocycles. The van der Waals surface area contributed by atoms with Gasteiger partial charge in [-0.15, -0.1) is 0 Å². The van der Waals surface area contributed by atoms with Crippen LogP contribution in [0.4, 0.5) is 20.6 Å². The van der Waals surface area contributed by atoms with Crippen molar-refractivity contribution in [3.8, 4) is 0 Å². The van der Waals surface area contributed by atoms with E-state index in [-0.39, 0.29) is 11.4 Å². The van der Waals surface area contributed by atoms with Crippen LogP contribution >= 0.6 is 0 Å². The van der Waals surface area contributed by atoms with Crippen molar-refractivity contribution in [3.63, 3.8) is 0 Å². The van der Waals surface area contributed by atoms with E-state index in [0.717, 1.165) is 6.07 Å². The van der Waals surface area contributed by atoms with E-state index < -0.39 is 23.9 Å². The predicted octanol–water partition coefficient (Wildman–Crippen LogP) is 1.00. The number of nitrogens with two attached hydrogens (primary N) is 1. The van der Waals surface area contributed by atoms with E-state index >= 15 is 0 Å². The second-order valence-electron chi connectivity index (χ2n) is 3.36. The smallest absolute Gasteiger partial charge is 0.405 e. The summed E-state index contributed by atoms with van der Waals surface area (Å²) in [5, 5.41) is 12.7. The molecule has 2 amide bonds. The third-order valence-electron chi connectivity index (χ3n) is 2.04. The van der Waals surface area contributed by atoms with Gasteiger partial charge in [0, 0.05) is 0 Å². The van der Waals surface area contributed by atoms with Crippen LogP contribution in [0.25, 0.3) is 0 Å². The minimum absolute atomic E-state index is 0.106. The van der Waals surface area contributed by atoms with Gasteiger partial charge in [-0.25, -0.2) is 9.18 Å². The summed E-state index contributed by atoms with van der Waals surface area (Å²) in [6.07, 6.45) is -1.32. The summed E-state index contributed by atoms with van der Waals surface area (Å²) in [7, 11) is 0. The van der Waals surface area contributed by atoms with Crippen LogP contribution in [0, 0.1) is 5.82 Å². The molecule has 0 saturated carbocycles. The normalized spacial score (nSPS) is 11.6. The van der Waals surface area contributed by atoms with Gasteiger partial charge in [0.25, 0.3) is 0 Å². The molecule has 0 saturated heterocycles. The molecule has 0 unspecified atom stereocenters. The lowest BCUT2D eigenvalue weighted by Gasteiger charge is -2.13. The first kappa shape index (κ1) is 12.8. The maximum absolute atomic E-state index is 13.1. The Morgan fingerprint density at radius 2 is 2.12 bits per heavy atom. The first-order valence-corrected chi connectivity index (χ1v) is 4.76. The van der Waals surface area contributed by atoms with Gasteiger partial charge in [-0.1, -0.05) is 6.07 Å². The maximum atomic E-state index is 13.1. The number of para-hydroxylation sites is 1. The zero-order valence-corrected chi connectivity index (χ0v) is 9.03. The minimum Gasteiger partial charge on any atom is -0.465 e. The van der Waals surface area contributed by atoms with Crippen LogP contribution in [0.1, 0.15) is 6.92 Å². The Morgan fingerprint density at radius 1 is 1.47 bits per heavy atom. The van der Waals surface area contributed by atoms with Gasteiger partial charge >= 0.3 is 6.09 Å². The molecule has 0 aromatic heterocycles. The number of hydrogen-bond acceptors (Lipinski definition) is 3. The molecule has 0 spiro atoms. The minimum atomic E-state index is -1.32. The summed E-state index contributed by atoms with van der Waals surface area (Å²) >= 11 is 0. The number of amides is 2. The molecule has 0 aliphatic rings. The standard InChI is InChI=1S/C10H12FN3O3/c1-5(13-10(16)17)9(15)14-7-4-2-3-6(11)8(7)12/h2-5,13H,12H2,1H3,(H,14,15)(H,16,17)/t5-/m0/s1. The van der Waals surface area contributed by atoms with E-state index in [2.05, 4.69) is 5.32 Å². The van der Waals surface area contributed by atoms with E-state index in [1.165, 1.54) is 19.1 Å². The number of halogens is 1. The number of nitrogens with one attached hydrogen (secondary N) is 2.